The van der Waals surface area contributed by atoms with Crippen molar-refractivity contribution in [1.29, 1.82) is 0 Å². The van der Waals surface area contributed by atoms with Crippen molar-refractivity contribution in [2.75, 3.05) is 5.32 Å². The quantitative estimate of drug-likeness (QED) is 0.154. The van der Waals surface area contributed by atoms with Gasteiger partial charge in [0.25, 0.3) is 5.91 Å². The van der Waals surface area contributed by atoms with Crippen LogP contribution in [0.15, 0.2) is 89.5 Å². The Morgan fingerprint density at radius 2 is 1.55 bits per heavy atom. The molecule has 4 aromatic rings. The lowest BCUT2D eigenvalue weighted by Gasteiger charge is -2.29. The van der Waals surface area contributed by atoms with Crippen molar-refractivity contribution in [3.8, 4) is 0 Å². The van der Waals surface area contributed by atoms with Gasteiger partial charge in [0.1, 0.15) is 0 Å². The molecule has 1 heterocycles. The number of aryl methyl sites for hydroxylation is 3. The third-order valence-electron chi connectivity index (χ3n) is 9.09. The fourth-order valence-corrected chi connectivity index (χ4v) is 6.35. The maximum Gasteiger partial charge on any atom is 0.291 e. The summed E-state index contributed by atoms with van der Waals surface area (Å²) >= 11 is 0. The molecular weight excluding hydrogens is 548 g/mol. The van der Waals surface area contributed by atoms with E-state index in [0.29, 0.717) is 35.6 Å². The molecule has 0 saturated heterocycles. The number of hydrogen-bond donors (Lipinski definition) is 2. The van der Waals surface area contributed by atoms with Crippen LogP contribution >= 0.6 is 0 Å². The lowest BCUT2D eigenvalue weighted by molar-refractivity contribution is 0.0975. The first-order valence-corrected chi connectivity index (χ1v) is 15.8. The smallest absolute Gasteiger partial charge is 0.291 e. The van der Waals surface area contributed by atoms with E-state index < -0.39 is 5.91 Å². The summed E-state index contributed by atoms with van der Waals surface area (Å²) in [7, 11) is 0. The standard InChI is InChI=1S/C38H42N2O4/c1-26-6-2-3-8-30(26)18-15-28-11-13-29(14-12-28)24-32-21-22-33(25-34(32)40-38(43)36-10-5-23-44-36)35(41)9-4-7-27-16-19-31(20-17-27)37(39)42/h2-3,5-6,8,10,16-17,19-23,25,28-29H,4,7,9,11-15,18,24H2,1H3,(H2,39,42)(H,40,43). The highest BCUT2D eigenvalue weighted by Gasteiger charge is 2.23. The van der Waals surface area contributed by atoms with Crippen LogP contribution in [0.2, 0.25) is 0 Å². The van der Waals surface area contributed by atoms with Gasteiger partial charge in [-0.25, -0.2) is 0 Å². The van der Waals surface area contributed by atoms with E-state index >= 15 is 0 Å². The number of carbonyl (C=O) groups excluding carboxylic acids is 3. The Hall–Kier alpha value is -4.45. The molecule has 1 fully saturated rings. The van der Waals surface area contributed by atoms with Crippen molar-refractivity contribution in [2.24, 2.45) is 17.6 Å². The number of nitrogens with two attached hydrogens (primary N) is 1. The zero-order chi connectivity index (χ0) is 30.9. The summed E-state index contributed by atoms with van der Waals surface area (Å²) in [4.78, 5) is 37.4. The predicted molar refractivity (Wildman–Crippen MR) is 174 cm³/mol. The number of anilines is 1. The van der Waals surface area contributed by atoms with Gasteiger partial charge in [-0.1, -0.05) is 61.4 Å². The van der Waals surface area contributed by atoms with Crippen molar-refractivity contribution < 1.29 is 18.8 Å². The Kier molecular flexibility index (Phi) is 10.4. The monoisotopic (exact) mass is 590 g/mol. The first-order valence-electron chi connectivity index (χ1n) is 15.8. The molecule has 1 aliphatic rings. The van der Waals surface area contributed by atoms with Crippen LogP contribution in [0.4, 0.5) is 5.69 Å². The molecule has 0 radical (unpaired) electrons. The van der Waals surface area contributed by atoms with Crippen molar-refractivity contribution in [3.05, 3.63) is 124 Å². The van der Waals surface area contributed by atoms with Gasteiger partial charge in [-0.05, 0) is 116 Å². The van der Waals surface area contributed by atoms with E-state index in [4.69, 9.17) is 10.2 Å². The zero-order valence-corrected chi connectivity index (χ0v) is 25.5. The van der Waals surface area contributed by atoms with Crippen LogP contribution in [-0.4, -0.2) is 17.6 Å². The largest absolute Gasteiger partial charge is 0.459 e. The predicted octanol–water partition coefficient (Wildman–Crippen LogP) is 8.13. The third kappa shape index (κ3) is 8.34. The van der Waals surface area contributed by atoms with Gasteiger partial charge in [-0.15, -0.1) is 0 Å². The number of carbonyl (C=O) groups is 3. The first-order chi connectivity index (χ1) is 21.4. The second-order valence-corrected chi connectivity index (χ2v) is 12.2. The van der Waals surface area contributed by atoms with Crippen LogP contribution in [0.25, 0.3) is 0 Å². The molecule has 0 atom stereocenters. The van der Waals surface area contributed by atoms with Crippen LogP contribution in [0.3, 0.4) is 0 Å². The van der Waals surface area contributed by atoms with E-state index in [1.54, 1.807) is 24.3 Å². The minimum atomic E-state index is -0.452. The highest BCUT2D eigenvalue weighted by atomic mass is 16.3. The average molecular weight is 591 g/mol. The molecular formula is C38H42N2O4. The van der Waals surface area contributed by atoms with Crippen LogP contribution in [0, 0.1) is 18.8 Å². The molecule has 0 unspecified atom stereocenters. The summed E-state index contributed by atoms with van der Waals surface area (Å²) < 4.78 is 5.32. The Balaban J connectivity index is 1.20. The fourth-order valence-electron chi connectivity index (χ4n) is 6.35. The lowest BCUT2D eigenvalue weighted by Crippen LogP contribution is -2.19. The lowest BCUT2D eigenvalue weighted by atomic mass is 9.77. The van der Waals surface area contributed by atoms with Gasteiger partial charge in [0, 0.05) is 23.2 Å². The van der Waals surface area contributed by atoms with Crippen molar-refractivity contribution in [3.63, 3.8) is 0 Å². The molecule has 6 nitrogen and oxygen atoms in total. The number of benzene rings is 3. The van der Waals surface area contributed by atoms with E-state index in [1.165, 1.54) is 49.5 Å². The van der Waals surface area contributed by atoms with Gasteiger partial charge < -0.3 is 15.5 Å². The van der Waals surface area contributed by atoms with Crippen LogP contribution in [-0.2, 0) is 19.3 Å². The molecule has 44 heavy (non-hydrogen) atoms. The summed E-state index contributed by atoms with van der Waals surface area (Å²) in [6.07, 6.45) is 11.3. The summed E-state index contributed by atoms with van der Waals surface area (Å²) in [5.41, 5.74) is 12.0. The Bertz CT molecular complexity index is 1560. The van der Waals surface area contributed by atoms with E-state index in [1.807, 2.05) is 30.3 Å². The minimum Gasteiger partial charge on any atom is -0.459 e. The van der Waals surface area contributed by atoms with E-state index in [0.717, 1.165) is 36.3 Å². The van der Waals surface area contributed by atoms with Crippen molar-refractivity contribution >= 4 is 23.3 Å². The van der Waals surface area contributed by atoms with Gasteiger partial charge >= 0.3 is 0 Å². The van der Waals surface area contributed by atoms with E-state index in [-0.39, 0.29) is 17.5 Å². The SMILES string of the molecule is Cc1ccccc1CCC1CCC(Cc2ccc(C(=O)CCCc3ccc(C(N)=O)cc3)cc2NC(=O)c2ccco2)CC1. The Morgan fingerprint density at radius 3 is 2.25 bits per heavy atom. The van der Waals surface area contributed by atoms with Crippen molar-refractivity contribution in [2.45, 2.75) is 71.1 Å². The van der Waals surface area contributed by atoms with Crippen LogP contribution < -0.4 is 11.1 Å². The molecule has 1 aliphatic carbocycles. The second-order valence-electron chi connectivity index (χ2n) is 12.2. The molecule has 3 N–H and O–H groups in total. The molecule has 3 aromatic carbocycles. The number of nitrogens with one attached hydrogen (secondary N) is 1. The highest BCUT2D eigenvalue weighted by Crippen LogP contribution is 2.35. The number of rotatable bonds is 13. The Morgan fingerprint density at radius 1 is 0.818 bits per heavy atom. The molecule has 1 aromatic heterocycles. The van der Waals surface area contributed by atoms with E-state index in [2.05, 4.69) is 36.5 Å². The molecule has 6 heteroatoms. The van der Waals surface area contributed by atoms with Crippen LogP contribution in [0.5, 0.6) is 0 Å². The molecule has 228 valence electrons. The number of furan rings is 1. The zero-order valence-electron chi connectivity index (χ0n) is 25.5. The van der Waals surface area contributed by atoms with Gasteiger partial charge in [-0.3, -0.25) is 14.4 Å². The average Bonchev–Trinajstić information content (AvgIpc) is 3.58. The number of primary amides is 1. The van der Waals surface area contributed by atoms with Crippen molar-refractivity contribution in [1.82, 2.24) is 0 Å². The second kappa shape index (κ2) is 14.8. The van der Waals surface area contributed by atoms with Gasteiger partial charge in [0.2, 0.25) is 5.91 Å². The number of amides is 2. The molecule has 0 spiro atoms. The molecule has 0 bridgehead atoms. The van der Waals surface area contributed by atoms with Gasteiger partial charge in [0.05, 0.1) is 6.26 Å². The Labute approximate surface area is 260 Å². The summed E-state index contributed by atoms with van der Waals surface area (Å²) in [6, 6.07) is 24.9. The summed E-state index contributed by atoms with van der Waals surface area (Å²) in [5, 5.41) is 3.02. The summed E-state index contributed by atoms with van der Waals surface area (Å²) in [6.45, 7) is 2.20. The molecule has 0 aliphatic heterocycles. The molecule has 2 amide bonds. The third-order valence-corrected chi connectivity index (χ3v) is 9.09. The normalized spacial score (nSPS) is 16.4. The number of hydrogen-bond acceptors (Lipinski definition) is 4. The van der Waals surface area contributed by atoms with Gasteiger partial charge in [0.15, 0.2) is 11.5 Å². The topological polar surface area (TPSA) is 102 Å². The highest BCUT2D eigenvalue weighted by molar-refractivity contribution is 6.04. The maximum absolute atomic E-state index is 13.2. The van der Waals surface area contributed by atoms with E-state index in [9.17, 15) is 14.4 Å². The minimum absolute atomic E-state index is 0.0352. The van der Waals surface area contributed by atoms with Crippen LogP contribution in [0.1, 0.15) is 98.5 Å². The fraction of sp³-hybridized carbons (Fsp3) is 0.342. The number of Topliss-reactive ketones (excluding diaryl/α,β-unsaturated/α-hetero) is 1. The number of ketones is 1. The maximum atomic E-state index is 13.2. The molecule has 1 saturated carbocycles. The summed E-state index contributed by atoms with van der Waals surface area (Å²) in [5.74, 6) is 0.806. The molecule has 5 rings (SSSR count). The van der Waals surface area contributed by atoms with Gasteiger partial charge in [-0.2, -0.15) is 0 Å². The first kappa shape index (κ1) is 31.0.